The molecule has 6 aromatic carbocycles. The highest BCUT2D eigenvalue weighted by Crippen LogP contribution is 2.52. The first-order chi connectivity index (χ1) is 46.1. The van der Waals surface area contributed by atoms with Gasteiger partial charge in [-0.3, -0.25) is 18.9 Å². The molecule has 4 N–H and O–H groups in total. The summed E-state index contributed by atoms with van der Waals surface area (Å²) in [4.78, 5) is 36.1. The van der Waals surface area contributed by atoms with Crippen LogP contribution in [0.1, 0.15) is 129 Å². The van der Waals surface area contributed by atoms with Crippen molar-refractivity contribution in [3.8, 4) is 0 Å². The van der Waals surface area contributed by atoms with Crippen LogP contribution in [0.5, 0.6) is 0 Å². The lowest BCUT2D eigenvalue weighted by molar-refractivity contribution is -0.439. The maximum Gasteiger partial charge on any atom is 0.307 e. The molecule has 2 aliphatic carbocycles. The summed E-state index contributed by atoms with van der Waals surface area (Å²) in [5.41, 5.74) is 10.8. The molecule has 0 spiro atoms. The largest absolute Gasteiger partial charge is 0.748 e. The number of carbonyl (C=O) groups is 3. The fraction of sp³-hybridized carbons (Fsp3) is 0.373. The van der Waals surface area contributed by atoms with Gasteiger partial charge in [0.2, 0.25) is 11.4 Å². The lowest BCUT2D eigenvalue weighted by Gasteiger charge is -2.28. The number of aliphatic hydroxyl groups is 1. The van der Waals surface area contributed by atoms with Crippen molar-refractivity contribution in [3.05, 3.63) is 195 Å². The van der Waals surface area contributed by atoms with E-state index in [2.05, 4.69) is 141 Å². The molecule has 0 fully saturated rings. The summed E-state index contributed by atoms with van der Waals surface area (Å²) in [5.74, 6) is -4.37. The molecule has 2 atom stereocenters. The van der Waals surface area contributed by atoms with Gasteiger partial charge in [-0.05, 0) is 152 Å². The minimum absolute atomic E-state index is 0.0686. The third-order valence-electron chi connectivity index (χ3n) is 19.6. The number of rotatable bonds is 21. The highest BCUT2D eigenvalue weighted by atomic mass is 35.5. The fourth-order valence-electron chi connectivity index (χ4n) is 14.5. The first kappa shape index (κ1) is 74.6. The second kappa shape index (κ2) is 30.1. The molecule has 3 heterocycles. The van der Waals surface area contributed by atoms with Crippen LogP contribution in [0.25, 0.3) is 32.3 Å². The molecule has 520 valence electrons. The minimum Gasteiger partial charge on any atom is -0.748 e. The number of fused-ring (bicyclic) bond motifs is 9. The van der Waals surface area contributed by atoms with E-state index in [1.165, 1.54) is 27.7 Å². The van der Waals surface area contributed by atoms with E-state index in [0.29, 0.717) is 66.8 Å². The van der Waals surface area contributed by atoms with Crippen LogP contribution >= 0.6 is 23.2 Å². The molecule has 2 unspecified atom stereocenters. The van der Waals surface area contributed by atoms with Crippen LogP contribution < -0.4 is 4.90 Å². The number of halogens is 2. The number of unbranched alkanes of at least 4 members (excludes halogenated alkanes) is 3. The second-order valence-corrected chi connectivity index (χ2v) is 32.6. The molecule has 3 aliphatic heterocycles. The SMILES string of the molecule is CC1(C)C(=CC=C2CC(C(=O)O)CC(C=CC3=[N+](CCCCS(=O)(=O)O)c4ccc5ccccc5c4C3(C)C)=C2Cl)N(CCCCS(=O)(=O)[O-])c2ccc3ccccc3c21.CC1=[N+](CCCCS(=O)(=O)[O-])c2ccc3ccccc3c2C1(C)C.O=CC1=C(Cl)/C(=C/O)CC(C(=O)O)C1. The van der Waals surface area contributed by atoms with E-state index in [4.69, 9.17) is 33.4 Å². The summed E-state index contributed by atoms with van der Waals surface area (Å²) < 4.78 is 103. The Morgan fingerprint density at radius 1 is 0.561 bits per heavy atom. The number of carboxylic acids is 2. The monoisotopic (exact) mass is 1430 g/mol. The number of benzene rings is 6. The molecular formula is C75H83Cl2N3O15S3. The zero-order valence-electron chi connectivity index (χ0n) is 55.9. The van der Waals surface area contributed by atoms with Crippen molar-refractivity contribution in [2.45, 2.75) is 129 Å². The first-order valence-electron chi connectivity index (χ1n) is 32.6. The number of hydrogen-bond donors (Lipinski definition) is 4. The van der Waals surface area contributed by atoms with Crippen molar-refractivity contribution in [1.29, 1.82) is 0 Å². The van der Waals surface area contributed by atoms with Crippen LogP contribution in [0.3, 0.4) is 0 Å². The average molecular weight is 1430 g/mol. The number of anilines is 1. The van der Waals surface area contributed by atoms with Gasteiger partial charge in [0, 0.05) is 100 Å². The molecule has 0 amide bonds. The zero-order chi connectivity index (χ0) is 71.5. The maximum atomic E-state index is 12.7. The van der Waals surface area contributed by atoms with Gasteiger partial charge in [-0.2, -0.15) is 17.6 Å². The lowest BCUT2D eigenvalue weighted by Crippen LogP contribution is -2.28. The van der Waals surface area contributed by atoms with E-state index in [1.54, 1.807) is 0 Å². The van der Waals surface area contributed by atoms with Gasteiger partial charge in [0.15, 0.2) is 11.4 Å². The molecule has 0 radical (unpaired) electrons. The molecule has 23 heteroatoms. The van der Waals surface area contributed by atoms with E-state index in [-0.39, 0.29) is 66.1 Å². The molecule has 6 aromatic rings. The van der Waals surface area contributed by atoms with Gasteiger partial charge < -0.3 is 29.3 Å². The van der Waals surface area contributed by atoms with E-state index >= 15 is 0 Å². The highest BCUT2D eigenvalue weighted by Gasteiger charge is 2.47. The standard InChI is InChI=1S/C47H51ClN2O8S2.C19H23NO3S.C9H9ClO4/c1-46(2)40(49(25-9-11-27-59(53,54)55)38-21-17-31-13-5-7-15-36(31)42(38)46)23-19-33-29-35(45(51)52)30-34(44(33)48)20-24-41-47(3,4)43-37-16-8-6-14-32(37)18-22-39(43)50(41)26-10-12-28-60(56,57)58;1-14-19(2,3)18-16-9-5-4-8-15(16)10-11-17(18)20(14)12-6-7-13-24(21,22)23;10-8-6(3-11)1-5(9(13)14)2-7(8)4-12/h5-8,13-24,35H,9-12,25-30H2,1-4H3,(H2-,51,52,53,54,55,56,57,58);4-5,8-11H,6-7,12-13H2,1-3H3;3-5,11H,1-2H2,(H,13,14)/b;;6-3+. The van der Waals surface area contributed by atoms with Crippen LogP contribution in [0.2, 0.25) is 0 Å². The van der Waals surface area contributed by atoms with Gasteiger partial charge in [-0.15, -0.1) is 0 Å². The van der Waals surface area contributed by atoms with Crippen LogP contribution in [-0.4, -0.2) is 130 Å². The predicted molar refractivity (Wildman–Crippen MR) is 385 cm³/mol. The number of aliphatic carboxylic acids is 2. The molecule has 98 heavy (non-hydrogen) atoms. The number of aldehydes is 1. The molecule has 0 aromatic heterocycles. The molecule has 5 aliphatic rings. The van der Waals surface area contributed by atoms with Crippen molar-refractivity contribution in [3.63, 3.8) is 0 Å². The van der Waals surface area contributed by atoms with Gasteiger partial charge in [0.05, 0.1) is 59.9 Å². The van der Waals surface area contributed by atoms with E-state index in [9.17, 15) is 58.4 Å². The Morgan fingerprint density at radius 2 is 1.02 bits per heavy atom. The van der Waals surface area contributed by atoms with Gasteiger partial charge in [0.1, 0.15) is 19.4 Å². The second-order valence-electron chi connectivity index (χ2n) is 27.2. The van der Waals surface area contributed by atoms with Crippen LogP contribution in [0, 0.1) is 11.8 Å². The molecule has 0 saturated carbocycles. The molecule has 11 rings (SSSR count). The Morgan fingerprint density at radius 3 is 1.54 bits per heavy atom. The molecule has 0 bridgehead atoms. The van der Waals surface area contributed by atoms with Gasteiger partial charge in [-0.1, -0.05) is 128 Å². The third-order valence-corrected chi connectivity index (χ3v) is 23.0. The number of carboxylic acid groups (broad SMARTS) is 2. The number of nitrogens with zero attached hydrogens (tertiary/aromatic N) is 3. The summed E-state index contributed by atoms with van der Waals surface area (Å²) in [5, 5.41) is 35.5. The van der Waals surface area contributed by atoms with Crippen LogP contribution in [0.15, 0.2) is 178 Å². The lowest BCUT2D eigenvalue weighted by atomic mass is 9.78. The Bertz CT molecular complexity index is 4810. The van der Waals surface area contributed by atoms with Crippen molar-refractivity contribution < 1.29 is 77.8 Å². The topological polar surface area (TPSA) is 290 Å². The number of allylic oxidation sites excluding steroid dienone is 11. The quantitative estimate of drug-likeness (QED) is 0.0171. The first-order valence-corrected chi connectivity index (χ1v) is 38.2. The smallest absolute Gasteiger partial charge is 0.307 e. The van der Waals surface area contributed by atoms with Crippen molar-refractivity contribution in [2.24, 2.45) is 11.8 Å². The summed E-state index contributed by atoms with van der Waals surface area (Å²) in [7, 11) is -12.6. The third kappa shape index (κ3) is 16.5. The summed E-state index contributed by atoms with van der Waals surface area (Å²) in [6.07, 6.45) is 12.5. The Balaban J connectivity index is 0.000000239. The predicted octanol–water partition coefficient (Wildman–Crippen LogP) is 14.7. The van der Waals surface area contributed by atoms with Gasteiger partial charge >= 0.3 is 11.9 Å². The fourth-order valence-corrected chi connectivity index (χ4v) is 16.7. The Hall–Kier alpha value is -7.60. The number of aliphatic hydroxyl groups excluding tert-OH is 1. The summed E-state index contributed by atoms with van der Waals surface area (Å²) in [6, 6.07) is 37.4. The maximum absolute atomic E-state index is 12.7. The molecule has 0 saturated heterocycles. The zero-order valence-corrected chi connectivity index (χ0v) is 59.9. The van der Waals surface area contributed by atoms with Gasteiger partial charge in [0.25, 0.3) is 10.1 Å². The molecular weight excluding hydrogens is 1350 g/mol. The summed E-state index contributed by atoms with van der Waals surface area (Å²) >= 11 is 13.0. The van der Waals surface area contributed by atoms with Crippen molar-refractivity contribution in [1.82, 2.24) is 0 Å². The van der Waals surface area contributed by atoms with E-state index in [0.717, 1.165) is 68.3 Å². The van der Waals surface area contributed by atoms with Crippen molar-refractivity contribution in [2.75, 3.05) is 41.8 Å². The number of carbonyl (C=O) groups excluding carboxylic acids is 1. The Kier molecular flexibility index (Phi) is 22.9. The Labute approximate surface area is 583 Å². The van der Waals surface area contributed by atoms with E-state index < -0.39 is 70.7 Å². The summed E-state index contributed by atoms with van der Waals surface area (Å²) in [6.45, 7) is 16.9. The average Bonchev–Trinajstić information content (AvgIpc) is 1.59. The highest BCUT2D eigenvalue weighted by molar-refractivity contribution is 7.86. The number of hydrogen-bond acceptors (Lipinski definition) is 13. The van der Waals surface area contributed by atoms with Crippen LogP contribution in [0.4, 0.5) is 17.1 Å². The molecule has 18 nitrogen and oxygen atoms in total. The minimum atomic E-state index is -4.35. The van der Waals surface area contributed by atoms with Crippen molar-refractivity contribution >= 4 is 133 Å². The van der Waals surface area contributed by atoms with Gasteiger partial charge in [-0.25, -0.2) is 16.8 Å². The van der Waals surface area contributed by atoms with Crippen LogP contribution in [-0.2, 0) is 61.0 Å². The van der Waals surface area contributed by atoms with E-state index in [1.807, 2.05) is 54.6 Å². The normalized spacial score (nSPS) is 20.1.